The van der Waals surface area contributed by atoms with Crippen LogP contribution in [-0.4, -0.2) is 23.5 Å². The number of carbonyl (C=O) groups excluding carboxylic acids is 2. The number of hydrogen-bond acceptors (Lipinski definition) is 6. The molecule has 0 heterocycles. The molecule has 0 aromatic heterocycles. The second-order valence-corrected chi connectivity index (χ2v) is 16.9. The second kappa shape index (κ2) is 25.3. The zero-order valence-electron chi connectivity index (χ0n) is 35.7. The van der Waals surface area contributed by atoms with E-state index in [2.05, 4.69) is 77.1 Å². The molecule has 0 aliphatic rings. The van der Waals surface area contributed by atoms with Crippen molar-refractivity contribution in [3.8, 4) is 0 Å². The van der Waals surface area contributed by atoms with Gasteiger partial charge in [-0.2, -0.15) is 0 Å². The fourth-order valence-electron chi connectivity index (χ4n) is 7.10. The Balaban J connectivity index is 3.08. The van der Waals surface area contributed by atoms with E-state index in [0.29, 0.717) is 0 Å². The van der Waals surface area contributed by atoms with E-state index in [1.807, 2.05) is 45.9 Å². The molecular formula is C45H79N3O4. The van der Waals surface area contributed by atoms with E-state index >= 15 is 0 Å². The van der Waals surface area contributed by atoms with E-state index in [9.17, 15) is 9.59 Å². The van der Waals surface area contributed by atoms with Crippen LogP contribution in [0.1, 0.15) is 203 Å². The largest absolute Gasteiger partial charge is 0.434 e. The Morgan fingerprint density at radius 3 is 1.40 bits per heavy atom. The number of benzene rings is 1. The van der Waals surface area contributed by atoms with Crippen molar-refractivity contribution in [2.45, 2.75) is 203 Å². The van der Waals surface area contributed by atoms with Crippen LogP contribution >= 0.6 is 0 Å². The summed E-state index contributed by atoms with van der Waals surface area (Å²) in [4.78, 5) is 37.7. The molecule has 0 aliphatic heterocycles. The van der Waals surface area contributed by atoms with Gasteiger partial charge in [0.15, 0.2) is 0 Å². The Morgan fingerprint density at radius 2 is 1.00 bits per heavy atom. The van der Waals surface area contributed by atoms with Crippen molar-refractivity contribution in [1.29, 1.82) is 0 Å². The van der Waals surface area contributed by atoms with Gasteiger partial charge in [0.2, 0.25) is 0 Å². The summed E-state index contributed by atoms with van der Waals surface area (Å²) in [5, 5.41) is 12.1. The minimum Gasteiger partial charge on any atom is -0.318 e. The van der Waals surface area contributed by atoms with Gasteiger partial charge >= 0.3 is 12.1 Å². The van der Waals surface area contributed by atoms with Gasteiger partial charge in [-0.15, -0.1) is 0 Å². The van der Waals surface area contributed by atoms with E-state index in [0.717, 1.165) is 73.9 Å². The molecule has 7 nitrogen and oxygen atoms in total. The minimum absolute atomic E-state index is 0.182. The highest BCUT2D eigenvalue weighted by atomic mass is 16.7. The average Bonchev–Trinajstić information content (AvgIpc) is 3.08. The quantitative estimate of drug-likeness (QED) is 0.0423. The molecule has 1 aromatic carbocycles. The summed E-state index contributed by atoms with van der Waals surface area (Å²) in [6.45, 7) is 25.7. The molecule has 4 unspecified atom stereocenters. The second-order valence-electron chi connectivity index (χ2n) is 16.9. The number of nitrogens with one attached hydrogen (secondary N) is 1. The smallest absolute Gasteiger partial charge is 0.318 e. The summed E-state index contributed by atoms with van der Waals surface area (Å²) in [5.74, 6) is 0.743. The monoisotopic (exact) mass is 726 g/mol. The SMILES string of the molecule is CCCCCC(C)C(=NOC(=O)CC(C)(C)c1cccc(C(C)(C)NC(=O)ON=C(C(C)CCCCC)C(C)CCCCC)c1)C(C)CCCCC. The van der Waals surface area contributed by atoms with Gasteiger partial charge in [-0.25, -0.2) is 9.59 Å². The number of hydrogen-bond donors (Lipinski definition) is 1. The van der Waals surface area contributed by atoms with Crippen LogP contribution in [0.15, 0.2) is 34.6 Å². The predicted molar refractivity (Wildman–Crippen MR) is 221 cm³/mol. The number of unbranched alkanes of at least 4 members (excludes halogenated alkanes) is 8. The Kier molecular flexibility index (Phi) is 23.1. The third-order valence-electron chi connectivity index (χ3n) is 10.8. The fourth-order valence-corrected chi connectivity index (χ4v) is 7.10. The van der Waals surface area contributed by atoms with Crippen LogP contribution in [0.25, 0.3) is 0 Å². The lowest BCUT2D eigenvalue weighted by Crippen LogP contribution is -2.41. The summed E-state index contributed by atoms with van der Waals surface area (Å²) < 4.78 is 0. The highest BCUT2D eigenvalue weighted by molar-refractivity contribution is 5.89. The molecule has 52 heavy (non-hydrogen) atoms. The van der Waals surface area contributed by atoms with Crippen LogP contribution < -0.4 is 5.32 Å². The van der Waals surface area contributed by atoms with Crippen molar-refractivity contribution in [2.24, 2.45) is 34.0 Å². The van der Waals surface area contributed by atoms with Crippen LogP contribution in [0.5, 0.6) is 0 Å². The standard InChI is InChI=1S/C45H79N3O4/c1-13-17-21-26-34(5)41(35(6)27-22-18-14-2)47-51-40(49)33-44(9,10)38-30-25-31-39(32-38)45(11,12)46-43(50)52-48-42(36(7)28-23-19-15-3)37(8)29-24-20-16-4/h25,30-32,34-37H,13-24,26-29,33H2,1-12H3,(H,46,50). The van der Waals surface area contributed by atoms with Gasteiger partial charge in [0, 0.05) is 5.41 Å². The summed E-state index contributed by atoms with van der Waals surface area (Å²) in [5.41, 5.74) is 2.63. The normalized spacial score (nSPS) is 14.2. The third kappa shape index (κ3) is 17.9. The van der Waals surface area contributed by atoms with Gasteiger partial charge in [0.25, 0.3) is 0 Å². The van der Waals surface area contributed by atoms with Crippen molar-refractivity contribution >= 4 is 23.5 Å². The van der Waals surface area contributed by atoms with E-state index in [1.165, 1.54) is 51.4 Å². The lowest BCUT2D eigenvalue weighted by atomic mass is 9.79. The molecule has 298 valence electrons. The van der Waals surface area contributed by atoms with Gasteiger partial charge in [-0.1, -0.05) is 181 Å². The predicted octanol–water partition coefficient (Wildman–Crippen LogP) is 13.4. The van der Waals surface area contributed by atoms with Crippen LogP contribution in [-0.2, 0) is 25.4 Å². The molecule has 0 aliphatic carbocycles. The first-order valence-corrected chi connectivity index (χ1v) is 21.1. The van der Waals surface area contributed by atoms with E-state index in [1.54, 1.807) is 0 Å². The van der Waals surface area contributed by atoms with Gasteiger partial charge in [-0.05, 0) is 74.3 Å². The zero-order valence-corrected chi connectivity index (χ0v) is 35.7. The Hall–Kier alpha value is -2.70. The molecule has 4 atom stereocenters. The molecule has 0 saturated heterocycles. The van der Waals surface area contributed by atoms with Crippen LogP contribution in [0, 0.1) is 23.7 Å². The lowest BCUT2D eigenvalue weighted by Gasteiger charge is -2.29. The molecule has 0 radical (unpaired) electrons. The number of oxime groups is 2. The molecule has 0 saturated carbocycles. The van der Waals surface area contributed by atoms with Crippen LogP contribution in [0.2, 0.25) is 0 Å². The molecule has 1 rings (SSSR count). The van der Waals surface area contributed by atoms with Crippen LogP contribution in [0.3, 0.4) is 0 Å². The molecule has 1 N–H and O–H groups in total. The zero-order chi connectivity index (χ0) is 39.2. The van der Waals surface area contributed by atoms with Crippen molar-refractivity contribution in [3.05, 3.63) is 35.4 Å². The average molecular weight is 726 g/mol. The number of carbonyl (C=O) groups is 2. The first-order valence-electron chi connectivity index (χ1n) is 21.1. The van der Waals surface area contributed by atoms with Gasteiger partial charge in [0.1, 0.15) is 0 Å². The summed E-state index contributed by atoms with van der Waals surface area (Å²) >= 11 is 0. The van der Waals surface area contributed by atoms with E-state index < -0.39 is 17.0 Å². The first-order chi connectivity index (χ1) is 24.6. The molecule has 1 amide bonds. The van der Waals surface area contributed by atoms with Gasteiger partial charge in [0.05, 0.1) is 23.4 Å². The van der Waals surface area contributed by atoms with Crippen LogP contribution in [0.4, 0.5) is 4.79 Å². The number of amides is 1. The van der Waals surface area contributed by atoms with Crippen molar-refractivity contribution in [2.75, 3.05) is 0 Å². The maximum atomic E-state index is 13.3. The lowest BCUT2D eigenvalue weighted by molar-refractivity contribution is -0.145. The van der Waals surface area contributed by atoms with Crippen molar-refractivity contribution in [1.82, 2.24) is 5.32 Å². The van der Waals surface area contributed by atoms with E-state index in [-0.39, 0.29) is 36.1 Å². The third-order valence-corrected chi connectivity index (χ3v) is 10.8. The number of rotatable bonds is 27. The van der Waals surface area contributed by atoms with Crippen molar-refractivity contribution < 1.29 is 19.3 Å². The summed E-state index contributed by atoms with van der Waals surface area (Å²) in [6.07, 6.45) is 17.9. The maximum absolute atomic E-state index is 13.3. The van der Waals surface area contributed by atoms with E-state index in [4.69, 9.17) is 9.68 Å². The highest BCUT2D eigenvalue weighted by Gasteiger charge is 2.30. The topological polar surface area (TPSA) is 89.3 Å². The maximum Gasteiger partial charge on any atom is 0.434 e. The van der Waals surface area contributed by atoms with Gasteiger partial charge in [-0.3, -0.25) is 4.84 Å². The Labute approximate surface area is 319 Å². The molecule has 0 spiro atoms. The Morgan fingerprint density at radius 1 is 0.615 bits per heavy atom. The number of nitrogens with zero attached hydrogens (tertiary/aromatic N) is 2. The first kappa shape index (κ1) is 47.3. The molecular weight excluding hydrogens is 647 g/mol. The molecule has 0 fully saturated rings. The molecule has 1 aromatic rings. The summed E-state index contributed by atoms with van der Waals surface area (Å²) in [7, 11) is 0. The summed E-state index contributed by atoms with van der Waals surface area (Å²) in [6, 6.07) is 8.07. The Bertz CT molecular complexity index is 1100. The van der Waals surface area contributed by atoms with Crippen molar-refractivity contribution in [3.63, 3.8) is 0 Å². The fraction of sp³-hybridized carbons (Fsp3) is 0.778. The minimum atomic E-state index is -0.736. The highest BCUT2D eigenvalue weighted by Crippen LogP contribution is 2.32. The molecule has 0 bridgehead atoms. The van der Waals surface area contributed by atoms with Gasteiger partial charge < -0.3 is 10.2 Å². The molecule has 7 heteroatoms.